The number of carbonyl (C=O) groups is 1. The summed E-state index contributed by atoms with van der Waals surface area (Å²) in [5, 5.41) is 0. The Morgan fingerprint density at radius 2 is 2.00 bits per heavy atom. The quantitative estimate of drug-likeness (QED) is 0.595. The lowest BCUT2D eigenvalue weighted by Gasteiger charge is -2.40. The van der Waals surface area contributed by atoms with Crippen molar-refractivity contribution in [2.75, 3.05) is 32.6 Å². The van der Waals surface area contributed by atoms with Crippen LogP contribution < -0.4 is 10.5 Å². The lowest BCUT2D eigenvalue weighted by molar-refractivity contribution is 0.0357. The molecule has 2 aromatic heterocycles. The second-order valence-corrected chi connectivity index (χ2v) is 8.90. The molecule has 9 nitrogen and oxygen atoms in total. The highest BCUT2D eigenvalue weighted by molar-refractivity contribution is 5.98. The minimum absolute atomic E-state index is 0.128. The Bertz CT molecular complexity index is 1260. The van der Waals surface area contributed by atoms with E-state index >= 15 is 0 Å². The lowest BCUT2D eigenvalue weighted by atomic mass is 9.87. The van der Waals surface area contributed by atoms with Crippen LogP contribution in [0.5, 0.6) is 5.88 Å². The van der Waals surface area contributed by atoms with Gasteiger partial charge >= 0.3 is 0 Å². The third-order valence-electron chi connectivity index (χ3n) is 6.69. The molecule has 4 heterocycles. The average molecular weight is 479 g/mol. The van der Waals surface area contributed by atoms with Gasteiger partial charge in [-0.25, -0.2) is 19.3 Å². The molecule has 1 saturated heterocycles. The monoisotopic (exact) mass is 478 g/mol. The zero-order valence-electron chi connectivity index (χ0n) is 19.7. The number of rotatable bonds is 5. The molecular formula is C25H27FN6O3. The molecule has 1 atom stereocenters. The first-order chi connectivity index (χ1) is 16.9. The first-order valence-corrected chi connectivity index (χ1v) is 11.6. The van der Waals surface area contributed by atoms with E-state index in [9.17, 15) is 9.18 Å². The van der Waals surface area contributed by atoms with Gasteiger partial charge in [-0.2, -0.15) is 0 Å². The van der Waals surface area contributed by atoms with Crippen molar-refractivity contribution in [3.8, 4) is 17.1 Å². The van der Waals surface area contributed by atoms with Crippen LogP contribution in [-0.4, -0.2) is 57.6 Å². The number of anilines is 1. The van der Waals surface area contributed by atoms with Gasteiger partial charge in [-0.1, -0.05) is 6.07 Å². The summed E-state index contributed by atoms with van der Waals surface area (Å²) in [6, 6.07) is 4.14. The molecule has 182 valence electrons. The van der Waals surface area contributed by atoms with Crippen LogP contribution in [-0.2, 0) is 11.2 Å². The number of hydrogen-bond acceptors (Lipinski definition) is 8. The maximum absolute atomic E-state index is 14.5. The summed E-state index contributed by atoms with van der Waals surface area (Å²) >= 11 is 0. The zero-order chi connectivity index (χ0) is 24.5. The van der Waals surface area contributed by atoms with Gasteiger partial charge in [0.1, 0.15) is 5.82 Å². The number of methoxy groups -OCH3 is 1. The van der Waals surface area contributed by atoms with E-state index in [2.05, 4.69) is 19.9 Å². The molecule has 0 spiro atoms. The topological polar surface area (TPSA) is 116 Å². The van der Waals surface area contributed by atoms with Gasteiger partial charge in [-0.15, -0.1) is 0 Å². The van der Waals surface area contributed by atoms with Gasteiger partial charge in [0.2, 0.25) is 11.8 Å². The summed E-state index contributed by atoms with van der Waals surface area (Å²) in [6.07, 6.45) is 5.22. The molecule has 0 radical (unpaired) electrons. The van der Waals surface area contributed by atoms with Gasteiger partial charge < -0.3 is 20.1 Å². The van der Waals surface area contributed by atoms with Crippen LogP contribution in [0.1, 0.15) is 46.2 Å². The number of nitrogen functional groups attached to an aromatic ring is 1. The van der Waals surface area contributed by atoms with E-state index < -0.39 is 11.9 Å². The van der Waals surface area contributed by atoms with Gasteiger partial charge in [0.25, 0.3) is 5.91 Å². The predicted molar refractivity (Wildman–Crippen MR) is 126 cm³/mol. The van der Waals surface area contributed by atoms with Crippen LogP contribution in [0.4, 0.5) is 10.3 Å². The number of amides is 1. The number of ether oxygens (including phenoxy) is 2. The second kappa shape index (κ2) is 9.53. The van der Waals surface area contributed by atoms with Crippen LogP contribution in [0.15, 0.2) is 30.6 Å². The fourth-order valence-corrected chi connectivity index (χ4v) is 4.97. The van der Waals surface area contributed by atoms with Crippen LogP contribution in [0.3, 0.4) is 0 Å². The van der Waals surface area contributed by atoms with Crippen molar-refractivity contribution in [3.63, 3.8) is 0 Å². The molecule has 1 fully saturated rings. The molecule has 2 aliphatic rings. The molecule has 0 aliphatic carbocycles. The van der Waals surface area contributed by atoms with E-state index in [1.165, 1.54) is 25.4 Å². The SMILES string of the molecule is COc1cncc(-c2cc(F)ccc2C2Cc3nc(N)nc(C)c3C(=O)N2CC2CCOCC2)n1. The van der Waals surface area contributed by atoms with Gasteiger partial charge in [-0.05, 0) is 43.4 Å². The first-order valence-electron chi connectivity index (χ1n) is 11.6. The molecule has 2 aliphatic heterocycles. The van der Waals surface area contributed by atoms with Crippen molar-refractivity contribution < 1.29 is 18.7 Å². The van der Waals surface area contributed by atoms with E-state index in [0.717, 1.165) is 18.4 Å². The number of nitrogens with zero attached hydrogens (tertiary/aromatic N) is 5. The van der Waals surface area contributed by atoms with Crippen LogP contribution in [0.2, 0.25) is 0 Å². The largest absolute Gasteiger partial charge is 0.480 e. The van der Waals surface area contributed by atoms with Crippen molar-refractivity contribution in [2.45, 2.75) is 32.2 Å². The van der Waals surface area contributed by atoms with E-state index in [1.54, 1.807) is 19.2 Å². The van der Waals surface area contributed by atoms with Crippen molar-refractivity contribution in [1.82, 2.24) is 24.8 Å². The maximum Gasteiger partial charge on any atom is 0.258 e. The number of aromatic nitrogens is 4. The Labute approximate surface area is 202 Å². The highest BCUT2D eigenvalue weighted by atomic mass is 19.1. The third-order valence-corrected chi connectivity index (χ3v) is 6.69. The Morgan fingerprint density at radius 1 is 1.20 bits per heavy atom. The highest BCUT2D eigenvalue weighted by Crippen LogP contribution is 2.39. The number of hydrogen-bond donors (Lipinski definition) is 1. The number of benzene rings is 1. The number of nitrogens with two attached hydrogens (primary N) is 1. The molecule has 35 heavy (non-hydrogen) atoms. The minimum atomic E-state index is -0.408. The van der Waals surface area contributed by atoms with Gasteiger partial charge in [-0.3, -0.25) is 9.78 Å². The standard InChI is InChI=1S/C25H27FN6O3/c1-14-23-19(31-25(27)29-14)10-21(32(24(23)33)13-15-5-7-35-8-6-15)17-4-3-16(26)9-18(17)20-11-28-12-22(30-20)34-2/h3-4,9,11-12,15,21H,5-8,10,13H2,1-2H3,(H2,27,29,31). The Morgan fingerprint density at radius 3 is 2.77 bits per heavy atom. The van der Waals surface area contributed by atoms with E-state index in [4.69, 9.17) is 15.2 Å². The molecule has 5 rings (SSSR count). The molecule has 3 aromatic rings. The van der Waals surface area contributed by atoms with Gasteiger partial charge in [0.05, 0.1) is 48.2 Å². The predicted octanol–water partition coefficient (Wildman–Crippen LogP) is 3.14. The second-order valence-electron chi connectivity index (χ2n) is 8.90. The molecule has 1 unspecified atom stereocenters. The third kappa shape index (κ3) is 4.53. The van der Waals surface area contributed by atoms with E-state index in [0.29, 0.717) is 66.2 Å². The van der Waals surface area contributed by atoms with E-state index in [-0.39, 0.29) is 11.9 Å². The van der Waals surface area contributed by atoms with Crippen LogP contribution in [0.25, 0.3) is 11.3 Å². The molecule has 0 saturated carbocycles. The number of aryl methyl sites for hydroxylation is 1. The summed E-state index contributed by atoms with van der Waals surface area (Å²) < 4.78 is 25.2. The van der Waals surface area contributed by atoms with Crippen LogP contribution >= 0.6 is 0 Å². The number of halogens is 1. The van der Waals surface area contributed by atoms with Crippen molar-refractivity contribution in [1.29, 1.82) is 0 Å². The molecular weight excluding hydrogens is 451 g/mol. The Kier molecular flexibility index (Phi) is 6.29. The fraction of sp³-hybridized carbons (Fsp3) is 0.400. The van der Waals surface area contributed by atoms with Gasteiger partial charge in [0, 0.05) is 31.7 Å². The summed E-state index contributed by atoms with van der Waals surface area (Å²) in [4.78, 5) is 33.0. The minimum Gasteiger partial charge on any atom is -0.480 e. The summed E-state index contributed by atoms with van der Waals surface area (Å²) in [7, 11) is 1.50. The zero-order valence-corrected chi connectivity index (χ0v) is 19.7. The maximum atomic E-state index is 14.5. The Hall–Kier alpha value is -3.66. The highest BCUT2D eigenvalue weighted by Gasteiger charge is 2.38. The van der Waals surface area contributed by atoms with Crippen molar-refractivity contribution >= 4 is 11.9 Å². The van der Waals surface area contributed by atoms with Crippen molar-refractivity contribution in [2.24, 2.45) is 5.92 Å². The molecule has 1 amide bonds. The molecule has 0 bridgehead atoms. The van der Waals surface area contributed by atoms with Crippen molar-refractivity contribution in [3.05, 3.63) is 58.9 Å². The molecule has 2 N–H and O–H groups in total. The summed E-state index contributed by atoms with van der Waals surface area (Å²) in [5.74, 6) is 0.190. The van der Waals surface area contributed by atoms with E-state index in [1.807, 2.05) is 4.90 Å². The number of carbonyl (C=O) groups excluding carboxylic acids is 1. The smallest absolute Gasteiger partial charge is 0.258 e. The van der Waals surface area contributed by atoms with Gasteiger partial charge in [0.15, 0.2) is 0 Å². The normalized spacial score (nSPS) is 18.4. The number of fused-ring (bicyclic) bond motifs is 1. The average Bonchev–Trinajstić information content (AvgIpc) is 2.86. The summed E-state index contributed by atoms with van der Waals surface area (Å²) in [5.41, 5.74) is 9.35. The summed E-state index contributed by atoms with van der Waals surface area (Å²) in [6.45, 7) is 3.68. The van der Waals surface area contributed by atoms with Crippen LogP contribution in [0, 0.1) is 18.7 Å². The Balaban J connectivity index is 1.63. The fourth-order valence-electron chi connectivity index (χ4n) is 4.97. The molecule has 1 aromatic carbocycles. The lowest BCUT2D eigenvalue weighted by Crippen LogP contribution is -2.45. The molecule has 10 heteroatoms. The first kappa shape index (κ1) is 23.1.